The summed E-state index contributed by atoms with van der Waals surface area (Å²) in [4.78, 5) is 28.0. The van der Waals surface area contributed by atoms with Gasteiger partial charge >= 0.3 is 0 Å². The van der Waals surface area contributed by atoms with Gasteiger partial charge in [-0.1, -0.05) is 15.9 Å². The number of fused-ring (bicyclic) bond motifs is 1. The van der Waals surface area contributed by atoms with Gasteiger partial charge in [0.25, 0.3) is 5.91 Å². The fourth-order valence-electron chi connectivity index (χ4n) is 2.65. The number of hydrogen-bond acceptors (Lipinski definition) is 3. The lowest BCUT2D eigenvalue weighted by molar-refractivity contribution is -0.133. The van der Waals surface area contributed by atoms with E-state index in [9.17, 15) is 9.59 Å². The molecule has 0 unspecified atom stereocenters. The molecule has 120 valence electrons. The van der Waals surface area contributed by atoms with Crippen LogP contribution in [0, 0.1) is 0 Å². The van der Waals surface area contributed by atoms with E-state index >= 15 is 0 Å². The number of thiophene rings is 1. The van der Waals surface area contributed by atoms with Gasteiger partial charge in [0.15, 0.2) is 0 Å². The Labute approximate surface area is 147 Å². The minimum atomic E-state index is -0.536. The summed E-state index contributed by atoms with van der Waals surface area (Å²) in [5, 5.41) is 4.85. The third-order valence-electron chi connectivity index (χ3n) is 3.94. The summed E-state index contributed by atoms with van der Waals surface area (Å²) in [6, 6.07) is 8.62. The van der Waals surface area contributed by atoms with Gasteiger partial charge in [-0.25, -0.2) is 0 Å². The van der Waals surface area contributed by atoms with Gasteiger partial charge in [0.1, 0.15) is 6.04 Å². The summed E-state index contributed by atoms with van der Waals surface area (Å²) in [7, 11) is 0. The number of halogens is 1. The number of amides is 2. The molecule has 0 bridgehead atoms. The molecule has 0 radical (unpaired) electrons. The normalized spacial score (nSPS) is 15.0. The van der Waals surface area contributed by atoms with E-state index in [0.717, 1.165) is 10.9 Å². The largest absolute Gasteiger partial charge is 0.341 e. The molecule has 0 spiro atoms. The Kier molecular flexibility index (Phi) is 4.82. The minimum absolute atomic E-state index is 0.0349. The second kappa shape index (κ2) is 6.84. The molecule has 1 atom stereocenters. The molecule has 1 aliphatic heterocycles. The van der Waals surface area contributed by atoms with Crippen molar-refractivity contribution in [3.8, 4) is 0 Å². The zero-order valence-corrected chi connectivity index (χ0v) is 15.1. The van der Waals surface area contributed by atoms with Crippen LogP contribution in [0.5, 0.6) is 0 Å². The third kappa shape index (κ3) is 3.64. The summed E-state index contributed by atoms with van der Waals surface area (Å²) < 4.78 is 0.915. The lowest BCUT2D eigenvalue weighted by Crippen LogP contribution is -2.48. The topological polar surface area (TPSA) is 49.4 Å². The molecule has 6 heteroatoms. The Morgan fingerprint density at radius 1 is 1.26 bits per heavy atom. The van der Waals surface area contributed by atoms with Crippen molar-refractivity contribution < 1.29 is 9.59 Å². The van der Waals surface area contributed by atoms with Crippen LogP contribution in [0.4, 0.5) is 0 Å². The molecule has 3 rings (SSSR count). The first kappa shape index (κ1) is 16.2. The number of benzene rings is 1. The van der Waals surface area contributed by atoms with Gasteiger partial charge in [-0.05, 0) is 54.6 Å². The minimum Gasteiger partial charge on any atom is -0.341 e. The second-order valence-electron chi connectivity index (χ2n) is 5.58. The Hall–Kier alpha value is -1.66. The Morgan fingerprint density at radius 2 is 2.00 bits per heavy atom. The molecule has 4 nitrogen and oxygen atoms in total. The number of hydrogen-bond donors (Lipinski definition) is 1. The molecule has 0 saturated heterocycles. The zero-order chi connectivity index (χ0) is 16.4. The Bertz CT molecular complexity index is 726. The monoisotopic (exact) mass is 392 g/mol. The van der Waals surface area contributed by atoms with E-state index < -0.39 is 6.04 Å². The molecule has 0 aliphatic carbocycles. The third-order valence-corrected chi connectivity index (χ3v) is 5.50. The van der Waals surface area contributed by atoms with Crippen LogP contribution in [0.15, 0.2) is 40.2 Å². The smallest absolute Gasteiger partial charge is 0.251 e. The van der Waals surface area contributed by atoms with Gasteiger partial charge in [-0.2, -0.15) is 0 Å². The van der Waals surface area contributed by atoms with Gasteiger partial charge < -0.3 is 10.2 Å². The summed E-state index contributed by atoms with van der Waals surface area (Å²) >= 11 is 5.08. The Balaban J connectivity index is 1.62. The van der Waals surface area contributed by atoms with Gasteiger partial charge in [0, 0.05) is 28.0 Å². The molecular weight excluding hydrogens is 376 g/mol. The molecule has 2 aromatic rings. The number of carbonyl (C=O) groups is 2. The molecule has 0 saturated carbocycles. The fourth-order valence-corrected chi connectivity index (χ4v) is 3.81. The lowest BCUT2D eigenvalue weighted by Gasteiger charge is -2.29. The van der Waals surface area contributed by atoms with E-state index in [2.05, 4.69) is 32.7 Å². The van der Waals surface area contributed by atoms with Crippen LogP contribution in [-0.4, -0.2) is 29.3 Å². The summed E-state index contributed by atoms with van der Waals surface area (Å²) in [5.74, 6) is -0.265. The highest BCUT2D eigenvalue weighted by Gasteiger charge is 2.26. The predicted molar refractivity (Wildman–Crippen MR) is 94.5 cm³/mol. The van der Waals surface area contributed by atoms with E-state index in [1.54, 1.807) is 30.4 Å². The number of nitrogens with zero attached hydrogens (tertiary/aromatic N) is 1. The first-order valence-electron chi connectivity index (χ1n) is 7.45. The highest BCUT2D eigenvalue weighted by Crippen LogP contribution is 2.24. The predicted octanol–water partition coefficient (Wildman–Crippen LogP) is 3.21. The molecule has 2 heterocycles. The highest BCUT2D eigenvalue weighted by atomic mass is 79.9. The van der Waals surface area contributed by atoms with Crippen LogP contribution < -0.4 is 5.32 Å². The summed E-state index contributed by atoms with van der Waals surface area (Å²) in [6.07, 6.45) is 0.895. The number of nitrogens with one attached hydrogen (secondary N) is 1. The van der Waals surface area contributed by atoms with Crippen LogP contribution >= 0.6 is 27.3 Å². The summed E-state index contributed by atoms with van der Waals surface area (Å²) in [6.45, 7) is 3.09. The average molecular weight is 393 g/mol. The van der Waals surface area contributed by atoms with Crippen molar-refractivity contribution in [1.82, 2.24) is 10.2 Å². The van der Waals surface area contributed by atoms with E-state index in [-0.39, 0.29) is 11.8 Å². The van der Waals surface area contributed by atoms with Gasteiger partial charge in [-0.15, -0.1) is 11.3 Å². The first-order valence-corrected chi connectivity index (χ1v) is 9.12. The van der Waals surface area contributed by atoms with Crippen LogP contribution in [0.3, 0.4) is 0 Å². The van der Waals surface area contributed by atoms with E-state index in [0.29, 0.717) is 18.7 Å². The SMILES string of the molecule is C[C@H](NC(=O)c1ccc(Br)cc1)C(=O)N1CCc2sccc2C1. The molecule has 0 fully saturated rings. The van der Waals surface area contributed by atoms with Gasteiger partial charge in [0.2, 0.25) is 5.91 Å². The van der Waals surface area contributed by atoms with Crippen molar-refractivity contribution in [2.24, 2.45) is 0 Å². The quantitative estimate of drug-likeness (QED) is 0.871. The van der Waals surface area contributed by atoms with E-state index in [1.165, 1.54) is 10.4 Å². The molecule has 1 N–H and O–H groups in total. The van der Waals surface area contributed by atoms with Gasteiger partial charge in [-0.3, -0.25) is 9.59 Å². The van der Waals surface area contributed by atoms with Crippen LogP contribution in [-0.2, 0) is 17.8 Å². The molecular formula is C17H17BrN2O2S. The van der Waals surface area contributed by atoms with Gasteiger partial charge in [0.05, 0.1) is 0 Å². The van der Waals surface area contributed by atoms with Crippen LogP contribution in [0.1, 0.15) is 27.7 Å². The maximum Gasteiger partial charge on any atom is 0.251 e. The lowest BCUT2D eigenvalue weighted by atomic mass is 10.1. The fraction of sp³-hybridized carbons (Fsp3) is 0.294. The molecule has 23 heavy (non-hydrogen) atoms. The summed E-state index contributed by atoms with van der Waals surface area (Å²) in [5.41, 5.74) is 1.77. The maximum absolute atomic E-state index is 12.6. The average Bonchev–Trinajstić information content (AvgIpc) is 3.02. The Morgan fingerprint density at radius 3 is 2.74 bits per heavy atom. The van der Waals surface area contributed by atoms with E-state index in [1.807, 2.05) is 17.0 Å². The van der Waals surface area contributed by atoms with Crippen LogP contribution in [0.25, 0.3) is 0 Å². The second-order valence-corrected chi connectivity index (χ2v) is 7.50. The number of carbonyl (C=O) groups excluding carboxylic acids is 2. The van der Waals surface area contributed by atoms with Crippen LogP contribution in [0.2, 0.25) is 0 Å². The maximum atomic E-state index is 12.6. The first-order chi connectivity index (χ1) is 11.0. The van der Waals surface area contributed by atoms with Crippen molar-refractivity contribution in [3.05, 3.63) is 56.2 Å². The molecule has 1 aromatic carbocycles. The molecule has 1 aromatic heterocycles. The zero-order valence-electron chi connectivity index (χ0n) is 12.7. The highest BCUT2D eigenvalue weighted by molar-refractivity contribution is 9.10. The van der Waals surface area contributed by atoms with Crippen molar-refractivity contribution in [2.75, 3.05) is 6.54 Å². The van der Waals surface area contributed by atoms with E-state index in [4.69, 9.17) is 0 Å². The standard InChI is InChI=1S/C17H17BrN2O2S/c1-11(19-16(21)12-2-4-14(18)5-3-12)17(22)20-8-6-15-13(10-20)7-9-23-15/h2-5,7,9,11H,6,8,10H2,1H3,(H,19,21)/t11-/m0/s1. The van der Waals surface area contributed by atoms with Crippen molar-refractivity contribution in [3.63, 3.8) is 0 Å². The molecule has 1 aliphatic rings. The number of rotatable bonds is 3. The van der Waals surface area contributed by atoms with Crippen molar-refractivity contribution in [1.29, 1.82) is 0 Å². The van der Waals surface area contributed by atoms with Crippen molar-refractivity contribution in [2.45, 2.75) is 25.9 Å². The van der Waals surface area contributed by atoms with Crippen molar-refractivity contribution >= 4 is 39.1 Å². The molecule has 2 amide bonds.